The number of para-hydroxylation sites is 1. The lowest BCUT2D eigenvalue weighted by Crippen LogP contribution is -2.33. The van der Waals surface area contributed by atoms with Gasteiger partial charge in [-0.15, -0.1) is 0 Å². The Kier molecular flexibility index (Phi) is 5.98. The molecule has 0 unspecified atom stereocenters. The van der Waals surface area contributed by atoms with E-state index in [1.165, 1.54) is 11.1 Å². The van der Waals surface area contributed by atoms with Gasteiger partial charge in [0, 0.05) is 30.5 Å². The van der Waals surface area contributed by atoms with Crippen molar-refractivity contribution in [2.45, 2.75) is 31.8 Å². The van der Waals surface area contributed by atoms with Crippen LogP contribution in [0.3, 0.4) is 0 Å². The summed E-state index contributed by atoms with van der Waals surface area (Å²) in [5.74, 6) is 0.271. The summed E-state index contributed by atoms with van der Waals surface area (Å²) in [6.07, 6.45) is 2.98. The summed E-state index contributed by atoms with van der Waals surface area (Å²) in [5.41, 5.74) is 4.70. The van der Waals surface area contributed by atoms with Crippen LogP contribution in [-0.4, -0.2) is 31.0 Å². The molecule has 3 aromatic carbocycles. The minimum absolute atomic E-state index is 0.0945. The van der Waals surface area contributed by atoms with Gasteiger partial charge in [-0.2, -0.15) is 0 Å². The average Bonchev–Trinajstić information content (AvgIpc) is 3.67. The van der Waals surface area contributed by atoms with Crippen LogP contribution in [0.2, 0.25) is 0 Å². The molecule has 2 aliphatic rings. The zero-order chi connectivity index (χ0) is 22.6. The molecule has 5 rings (SSSR count). The normalized spacial score (nSPS) is 14.8. The maximum Gasteiger partial charge on any atom is 0.262 e. The maximum absolute atomic E-state index is 13.1. The van der Waals surface area contributed by atoms with E-state index < -0.39 is 0 Å². The number of ether oxygens (including phenoxy) is 1. The number of anilines is 2. The third-order valence-corrected chi connectivity index (χ3v) is 6.02. The fourth-order valence-corrected chi connectivity index (χ4v) is 4.13. The Balaban J connectivity index is 1.33. The highest BCUT2D eigenvalue weighted by Crippen LogP contribution is 2.30. The van der Waals surface area contributed by atoms with Crippen LogP contribution in [0.4, 0.5) is 11.4 Å². The van der Waals surface area contributed by atoms with Gasteiger partial charge in [0.1, 0.15) is 5.75 Å². The number of nitrogens with one attached hydrogen (secondary N) is 2. The molecule has 0 bridgehead atoms. The topological polar surface area (TPSA) is 70.7 Å². The molecule has 6 nitrogen and oxygen atoms in total. The van der Waals surface area contributed by atoms with Crippen LogP contribution < -0.4 is 20.3 Å². The zero-order valence-corrected chi connectivity index (χ0v) is 18.4. The van der Waals surface area contributed by atoms with Crippen molar-refractivity contribution >= 4 is 23.2 Å². The molecule has 1 heterocycles. The standard InChI is InChI=1S/C27H27N3O3/c31-26(18-33-23-8-2-1-3-9-23)28-22-12-13-25(24(16-22)27(32)29-21-10-11-21)30-15-14-19-6-4-5-7-20(19)17-30/h1-9,12-13,16,21H,10-11,14-15,17-18H2,(H,28,31)(H,29,32). The summed E-state index contributed by atoms with van der Waals surface area (Å²) in [7, 11) is 0. The molecule has 2 amide bonds. The molecule has 1 aliphatic heterocycles. The number of carbonyl (C=O) groups excluding carboxylic acids is 2. The first-order valence-corrected chi connectivity index (χ1v) is 11.4. The number of amides is 2. The van der Waals surface area contributed by atoms with Gasteiger partial charge in [-0.05, 0) is 60.7 Å². The molecular weight excluding hydrogens is 414 g/mol. The van der Waals surface area contributed by atoms with Gasteiger partial charge in [-0.3, -0.25) is 9.59 Å². The maximum atomic E-state index is 13.1. The van der Waals surface area contributed by atoms with E-state index in [0.29, 0.717) is 17.0 Å². The molecule has 0 radical (unpaired) electrons. The number of nitrogens with zero attached hydrogens (tertiary/aromatic N) is 1. The van der Waals surface area contributed by atoms with Crippen molar-refractivity contribution in [3.05, 3.63) is 89.5 Å². The lowest BCUT2D eigenvalue weighted by Gasteiger charge is -2.32. The molecule has 0 saturated heterocycles. The zero-order valence-electron chi connectivity index (χ0n) is 18.4. The summed E-state index contributed by atoms with van der Waals surface area (Å²) in [6, 6.07) is 23.5. The molecule has 6 heteroatoms. The van der Waals surface area contributed by atoms with Gasteiger partial charge < -0.3 is 20.3 Å². The van der Waals surface area contributed by atoms with E-state index in [9.17, 15) is 9.59 Å². The number of fused-ring (bicyclic) bond motifs is 1. The van der Waals surface area contributed by atoms with Crippen LogP contribution in [0.15, 0.2) is 72.8 Å². The molecule has 0 spiro atoms. The van der Waals surface area contributed by atoms with E-state index in [-0.39, 0.29) is 24.5 Å². The highest BCUT2D eigenvalue weighted by atomic mass is 16.5. The summed E-state index contributed by atoms with van der Waals surface area (Å²) >= 11 is 0. The van der Waals surface area contributed by atoms with Crippen LogP contribution in [0.5, 0.6) is 5.75 Å². The Morgan fingerprint density at radius 1 is 0.939 bits per heavy atom. The molecule has 1 saturated carbocycles. The third-order valence-electron chi connectivity index (χ3n) is 6.02. The fraction of sp³-hybridized carbons (Fsp3) is 0.259. The van der Waals surface area contributed by atoms with Crippen LogP contribution in [-0.2, 0) is 17.8 Å². The van der Waals surface area contributed by atoms with E-state index in [1.807, 2.05) is 30.3 Å². The third kappa shape index (κ3) is 5.17. The first-order chi connectivity index (χ1) is 16.2. The van der Waals surface area contributed by atoms with Crippen LogP contribution in [0.1, 0.15) is 34.3 Å². The quantitative estimate of drug-likeness (QED) is 0.578. The fourth-order valence-electron chi connectivity index (χ4n) is 4.13. The summed E-state index contributed by atoms with van der Waals surface area (Å²) in [6.45, 7) is 1.51. The van der Waals surface area contributed by atoms with E-state index in [0.717, 1.165) is 38.0 Å². The second kappa shape index (κ2) is 9.36. The minimum Gasteiger partial charge on any atom is -0.484 e. The number of hydrogen-bond donors (Lipinski definition) is 2. The number of carbonyl (C=O) groups is 2. The number of benzene rings is 3. The Labute approximate surface area is 193 Å². The molecule has 168 valence electrons. The number of hydrogen-bond acceptors (Lipinski definition) is 4. The summed E-state index contributed by atoms with van der Waals surface area (Å²) in [5, 5.41) is 5.95. The average molecular weight is 442 g/mol. The van der Waals surface area contributed by atoms with E-state index >= 15 is 0 Å². The SMILES string of the molecule is O=C(COc1ccccc1)Nc1ccc(N2CCc3ccccc3C2)c(C(=O)NC2CC2)c1. The van der Waals surface area contributed by atoms with Gasteiger partial charge in [0.25, 0.3) is 11.8 Å². The van der Waals surface area contributed by atoms with E-state index in [2.05, 4.69) is 39.8 Å². The highest BCUT2D eigenvalue weighted by molar-refractivity contribution is 6.02. The van der Waals surface area contributed by atoms with E-state index in [1.54, 1.807) is 18.2 Å². The summed E-state index contributed by atoms with van der Waals surface area (Å²) in [4.78, 5) is 27.8. The van der Waals surface area contributed by atoms with Crippen molar-refractivity contribution in [1.82, 2.24) is 5.32 Å². The molecule has 0 atom stereocenters. The molecule has 1 fully saturated rings. The van der Waals surface area contributed by atoms with E-state index in [4.69, 9.17) is 4.74 Å². The molecule has 33 heavy (non-hydrogen) atoms. The van der Waals surface area contributed by atoms with Gasteiger partial charge in [-0.25, -0.2) is 0 Å². The smallest absolute Gasteiger partial charge is 0.262 e. The van der Waals surface area contributed by atoms with Crippen molar-refractivity contribution in [2.75, 3.05) is 23.4 Å². The molecule has 1 aliphatic carbocycles. The Hall–Kier alpha value is -3.80. The van der Waals surface area contributed by atoms with Crippen molar-refractivity contribution < 1.29 is 14.3 Å². The van der Waals surface area contributed by atoms with Gasteiger partial charge >= 0.3 is 0 Å². The first kappa shape index (κ1) is 21.1. The van der Waals surface area contributed by atoms with Gasteiger partial charge in [-0.1, -0.05) is 42.5 Å². The number of rotatable bonds is 7. The van der Waals surface area contributed by atoms with Crippen LogP contribution >= 0.6 is 0 Å². The van der Waals surface area contributed by atoms with Crippen molar-refractivity contribution in [3.8, 4) is 5.75 Å². The lowest BCUT2D eigenvalue weighted by atomic mass is 9.98. The predicted octanol–water partition coefficient (Wildman–Crippen LogP) is 4.16. The van der Waals surface area contributed by atoms with Gasteiger partial charge in [0.15, 0.2) is 6.61 Å². The monoisotopic (exact) mass is 441 g/mol. The largest absolute Gasteiger partial charge is 0.484 e. The molecular formula is C27H27N3O3. The first-order valence-electron chi connectivity index (χ1n) is 11.4. The second-order valence-electron chi connectivity index (χ2n) is 8.57. The second-order valence-corrected chi connectivity index (χ2v) is 8.57. The highest BCUT2D eigenvalue weighted by Gasteiger charge is 2.27. The Morgan fingerprint density at radius 2 is 1.70 bits per heavy atom. The van der Waals surface area contributed by atoms with Gasteiger partial charge in [0.05, 0.1) is 5.56 Å². The minimum atomic E-state index is -0.271. The van der Waals surface area contributed by atoms with Crippen LogP contribution in [0, 0.1) is 0 Å². The Morgan fingerprint density at radius 3 is 2.48 bits per heavy atom. The predicted molar refractivity (Wildman–Crippen MR) is 129 cm³/mol. The van der Waals surface area contributed by atoms with Crippen LogP contribution in [0.25, 0.3) is 0 Å². The van der Waals surface area contributed by atoms with Crippen molar-refractivity contribution in [1.29, 1.82) is 0 Å². The lowest BCUT2D eigenvalue weighted by molar-refractivity contribution is -0.118. The molecule has 3 aromatic rings. The molecule has 2 N–H and O–H groups in total. The Bertz CT molecular complexity index is 1160. The summed E-state index contributed by atoms with van der Waals surface area (Å²) < 4.78 is 5.53. The molecule has 0 aromatic heterocycles. The van der Waals surface area contributed by atoms with Gasteiger partial charge in [0.2, 0.25) is 0 Å². The van der Waals surface area contributed by atoms with Crippen molar-refractivity contribution in [3.63, 3.8) is 0 Å². The van der Waals surface area contributed by atoms with Crippen molar-refractivity contribution in [2.24, 2.45) is 0 Å².